The number of furan rings is 1. The summed E-state index contributed by atoms with van der Waals surface area (Å²) in [4.78, 5) is 17.0. The third-order valence-electron chi connectivity index (χ3n) is 4.66. The summed E-state index contributed by atoms with van der Waals surface area (Å²) in [6, 6.07) is 9.06. The van der Waals surface area contributed by atoms with Gasteiger partial charge in [0.05, 0.1) is 12.3 Å². The zero-order valence-electron chi connectivity index (χ0n) is 14.2. The highest BCUT2D eigenvalue weighted by atomic mass is 16.5. The number of nitrogens with one attached hydrogen (secondary N) is 2. The lowest BCUT2D eigenvalue weighted by Gasteiger charge is -2.31. The summed E-state index contributed by atoms with van der Waals surface area (Å²) in [5.74, 6) is 0.726. The van der Waals surface area contributed by atoms with Crippen molar-refractivity contribution < 1.29 is 13.9 Å². The lowest BCUT2D eigenvalue weighted by atomic mass is 9.87. The monoisotopic (exact) mass is 352 g/mol. The van der Waals surface area contributed by atoms with Crippen LogP contribution in [0.15, 0.2) is 53.4 Å². The van der Waals surface area contributed by atoms with Crippen LogP contribution in [-0.2, 0) is 4.74 Å². The molecule has 134 valence electrons. The maximum Gasteiger partial charge on any atom is 0.272 e. The number of hydrogen-bond donors (Lipinski definition) is 2. The highest BCUT2D eigenvalue weighted by Gasteiger charge is 2.28. The summed E-state index contributed by atoms with van der Waals surface area (Å²) in [5.41, 5.74) is 2.00. The van der Waals surface area contributed by atoms with Crippen molar-refractivity contribution in [2.75, 3.05) is 13.2 Å². The summed E-state index contributed by atoms with van der Waals surface area (Å²) < 4.78 is 10.8. The van der Waals surface area contributed by atoms with E-state index >= 15 is 0 Å². The Morgan fingerprint density at radius 3 is 2.88 bits per heavy atom. The molecule has 4 rings (SSSR count). The Kier molecular flexibility index (Phi) is 4.79. The van der Waals surface area contributed by atoms with Crippen molar-refractivity contribution in [1.29, 1.82) is 0 Å². The fourth-order valence-corrected chi connectivity index (χ4v) is 3.29. The maximum atomic E-state index is 12.8. The number of hydrogen-bond acceptors (Lipinski definition) is 5. The third kappa shape index (κ3) is 3.52. The summed E-state index contributed by atoms with van der Waals surface area (Å²) in [6.07, 6.45) is 6.92. The van der Waals surface area contributed by atoms with E-state index < -0.39 is 0 Å². The number of aromatic nitrogens is 3. The molecule has 0 bridgehead atoms. The van der Waals surface area contributed by atoms with E-state index in [9.17, 15) is 4.79 Å². The topological polar surface area (TPSA) is 93.0 Å². The van der Waals surface area contributed by atoms with Gasteiger partial charge in [0.25, 0.3) is 5.91 Å². The number of pyridine rings is 1. The molecular formula is C19H20N4O3. The Balaban J connectivity index is 1.54. The average molecular weight is 352 g/mol. The minimum atomic E-state index is -0.223. The van der Waals surface area contributed by atoms with Crippen LogP contribution in [0.5, 0.6) is 0 Å². The second-order valence-electron chi connectivity index (χ2n) is 6.33. The van der Waals surface area contributed by atoms with E-state index in [4.69, 9.17) is 9.15 Å². The first-order valence-electron chi connectivity index (χ1n) is 8.69. The van der Waals surface area contributed by atoms with Crippen molar-refractivity contribution in [2.24, 2.45) is 5.92 Å². The van der Waals surface area contributed by atoms with Gasteiger partial charge in [0, 0.05) is 31.7 Å². The zero-order valence-corrected chi connectivity index (χ0v) is 14.2. The highest BCUT2D eigenvalue weighted by Crippen LogP contribution is 2.30. The molecule has 0 aromatic carbocycles. The molecule has 0 radical (unpaired) electrons. The first kappa shape index (κ1) is 16.5. The molecule has 2 N–H and O–H groups in total. The number of amides is 1. The second kappa shape index (κ2) is 7.53. The van der Waals surface area contributed by atoms with E-state index in [1.807, 2.05) is 18.2 Å². The van der Waals surface area contributed by atoms with E-state index in [-0.39, 0.29) is 11.9 Å². The molecule has 1 fully saturated rings. The lowest BCUT2D eigenvalue weighted by Crippen LogP contribution is -2.36. The van der Waals surface area contributed by atoms with Crippen molar-refractivity contribution in [3.05, 3.63) is 60.2 Å². The van der Waals surface area contributed by atoms with E-state index in [0.29, 0.717) is 36.3 Å². The Morgan fingerprint density at radius 1 is 1.27 bits per heavy atom. The smallest absolute Gasteiger partial charge is 0.272 e. The highest BCUT2D eigenvalue weighted by molar-refractivity contribution is 5.93. The molecule has 1 amide bonds. The quantitative estimate of drug-likeness (QED) is 0.736. The number of aromatic amines is 1. The number of ether oxygens (including phenoxy) is 1. The van der Waals surface area contributed by atoms with Gasteiger partial charge in [-0.05, 0) is 42.5 Å². The molecule has 4 heterocycles. The molecular weight excluding hydrogens is 332 g/mol. The van der Waals surface area contributed by atoms with Gasteiger partial charge >= 0.3 is 0 Å². The predicted octanol–water partition coefficient (Wildman–Crippen LogP) is 2.96. The SMILES string of the molecule is O=C(NC(c1cccnc1)C1CCOCC1)c1cc(-c2ccco2)[nH]n1. The van der Waals surface area contributed by atoms with Crippen LogP contribution in [-0.4, -0.2) is 34.3 Å². The van der Waals surface area contributed by atoms with E-state index in [0.717, 1.165) is 18.4 Å². The zero-order chi connectivity index (χ0) is 17.8. The van der Waals surface area contributed by atoms with Gasteiger partial charge in [-0.15, -0.1) is 0 Å². The summed E-state index contributed by atoms with van der Waals surface area (Å²) >= 11 is 0. The van der Waals surface area contributed by atoms with Crippen molar-refractivity contribution in [3.8, 4) is 11.5 Å². The van der Waals surface area contributed by atoms with Crippen molar-refractivity contribution in [2.45, 2.75) is 18.9 Å². The van der Waals surface area contributed by atoms with Crippen LogP contribution in [0.2, 0.25) is 0 Å². The molecule has 0 saturated carbocycles. The molecule has 0 aliphatic carbocycles. The van der Waals surface area contributed by atoms with Gasteiger partial charge < -0.3 is 14.5 Å². The van der Waals surface area contributed by atoms with E-state index in [2.05, 4.69) is 20.5 Å². The van der Waals surface area contributed by atoms with Crippen LogP contribution >= 0.6 is 0 Å². The third-order valence-corrected chi connectivity index (χ3v) is 4.66. The standard InChI is InChI=1S/C19H20N4O3/c24-19(16-11-15(22-23-16)17-4-2-8-26-17)21-18(13-5-9-25-10-6-13)14-3-1-7-20-12-14/h1-4,7-8,11-13,18H,5-6,9-10H2,(H,21,24)(H,22,23). The fraction of sp³-hybridized carbons (Fsp3) is 0.316. The van der Waals surface area contributed by atoms with Crippen LogP contribution < -0.4 is 5.32 Å². The molecule has 0 spiro atoms. The maximum absolute atomic E-state index is 12.8. The van der Waals surface area contributed by atoms with Crippen LogP contribution in [0.3, 0.4) is 0 Å². The minimum absolute atomic E-state index is 0.121. The molecule has 1 atom stereocenters. The average Bonchev–Trinajstić information content (AvgIpc) is 3.39. The molecule has 3 aromatic heterocycles. The molecule has 1 saturated heterocycles. The Hall–Kier alpha value is -2.93. The van der Waals surface area contributed by atoms with Gasteiger partial charge in [0.2, 0.25) is 0 Å². The van der Waals surface area contributed by atoms with Crippen LogP contribution in [0.1, 0.15) is 34.9 Å². The Labute approximate surface area is 150 Å². The number of H-pyrrole nitrogens is 1. The summed E-state index contributed by atoms with van der Waals surface area (Å²) in [7, 11) is 0. The van der Waals surface area contributed by atoms with Crippen LogP contribution in [0.25, 0.3) is 11.5 Å². The molecule has 7 nitrogen and oxygen atoms in total. The predicted molar refractivity (Wildman–Crippen MR) is 94.3 cm³/mol. The summed E-state index contributed by atoms with van der Waals surface area (Å²) in [6.45, 7) is 1.42. The van der Waals surface area contributed by atoms with Gasteiger partial charge in [-0.2, -0.15) is 5.10 Å². The first-order valence-corrected chi connectivity index (χ1v) is 8.69. The first-order chi connectivity index (χ1) is 12.8. The van der Waals surface area contributed by atoms with Crippen molar-refractivity contribution >= 4 is 5.91 Å². The molecule has 26 heavy (non-hydrogen) atoms. The summed E-state index contributed by atoms with van der Waals surface area (Å²) in [5, 5.41) is 10.1. The molecule has 3 aromatic rings. The lowest BCUT2D eigenvalue weighted by molar-refractivity contribution is 0.0513. The number of nitrogens with zero attached hydrogens (tertiary/aromatic N) is 2. The van der Waals surface area contributed by atoms with Crippen LogP contribution in [0.4, 0.5) is 0 Å². The van der Waals surface area contributed by atoms with Crippen molar-refractivity contribution in [1.82, 2.24) is 20.5 Å². The number of carbonyl (C=O) groups is 1. The fourth-order valence-electron chi connectivity index (χ4n) is 3.29. The molecule has 1 aliphatic rings. The molecule has 1 aliphatic heterocycles. The minimum Gasteiger partial charge on any atom is -0.463 e. The van der Waals surface area contributed by atoms with Gasteiger partial charge in [0.1, 0.15) is 5.69 Å². The van der Waals surface area contributed by atoms with Gasteiger partial charge in [-0.25, -0.2) is 0 Å². The number of carbonyl (C=O) groups excluding carboxylic acids is 1. The van der Waals surface area contributed by atoms with E-state index in [1.54, 1.807) is 30.8 Å². The van der Waals surface area contributed by atoms with Gasteiger partial charge in [0.15, 0.2) is 11.5 Å². The van der Waals surface area contributed by atoms with Crippen LogP contribution in [0, 0.1) is 5.92 Å². The van der Waals surface area contributed by atoms with Gasteiger partial charge in [-0.3, -0.25) is 14.9 Å². The van der Waals surface area contributed by atoms with Crippen molar-refractivity contribution in [3.63, 3.8) is 0 Å². The Bertz CT molecular complexity index is 839. The second-order valence-corrected chi connectivity index (χ2v) is 6.33. The Morgan fingerprint density at radius 2 is 2.15 bits per heavy atom. The normalized spacial score (nSPS) is 16.3. The number of rotatable bonds is 5. The molecule has 7 heteroatoms. The van der Waals surface area contributed by atoms with E-state index in [1.165, 1.54) is 0 Å². The van der Waals surface area contributed by atoms with Gasteiger partial charge in [-0.1, -0.05) is 6.07 Å². The molecule has 1 unspecified atom stereocenters. The largest absolute Gasteiger partial charge is 0.463 e.